The minimum atomic E-state index is -0.544. The van der Waals surface area contributed by atoms with E-state index in [4.69, 9.17) is 9.15 Å². The van der Waals surface area contributed by atoms with Gasteiger partial charge in [0.2, 0.25) is 5.91 Å². The zero-order chi connectivity index (χ0) is 20.3. The van der Waals surface area contributed by atoms with Crippen LogP contribution in [0.15, 0.2) is 59.2 Å². The lowest BCUT2D eigenvalue weighted by atomic mass is 9.73. The molecule has 0 bridgehead atoms. The van der Waals surface area contributed by atoms with E-state index < -0.39 is 5.41 Å². The molecule has 2 aromatic carbocycles. The van der Waals surface area contributed by atoms with Gasteiger partial charge in [-0.1, -0.05) is 42.5 Å². The van der Waals surface area contributed by atoms with Crippen LogP contribution in [0.4, 0.5) is 0 Å². The molecule has 4 rings (SSSR count). The van der Waals surface area contributed by atoms with Crippen LogP contribution in [-0.4, -0.2) is 36.9 Å². The average molecular weight is 393 g/mol. The largest absolute Gasteiger partial charge is 0.464 e. The van der Waals surface area contributed by atoms with Crippen LogP contribution in [0.2, 0.25) is 0 Å². The van der Waals surface area contributed by atoms with Crippen LogP contribution in [0, 0.1) is 5.41 Å². The molecule has 2 N–H and O–H groups in total. The van der Waals surface area contributed by atoms with Gasteiger partial charge in [-0.25, -0.2) is 0 Å². The summed E-state index contributed by atoms with van der Waals surface area (Å²) in [6, 6.07) is 15.9. The van der Waals surface area contributed by atoms with Crippen LogP contribution < -0.4 is 5.32 Å². The highest BCUT2D eigenvalue weighted by molar-refractivity contribution is 5.95. The predicted octanol–water partition coefficient (Wildman–Crippen LogP) is 3.94. The van der Waals surface area contributed by atoms with Crippen molar-refractivity contribution < 1.29 is 19.1 Å². The van der Waals surface area contributed by atoms with E-state index in [-0.39, 0.29) is 18.6 Å². The van der Waals surface area contributed by atoms with E-state index in [1.165, 1.54) is 0 Å². The molecule has 0 unspecified atom stereocenters. The van der Waals surface area contributed by atoms with Gasteiger partial charge in [-0.3, -0.25) is 4.79 Å². The van der Waals surface area contributed by atoms with Crippen LogP contribution in [0.1, 0.15) is 25.3 Å². The van der Waals surface area contributed by atoms with Crippen molar-refractivity contribution in [2.24, 2.45) is 5.41 Å². The first-order chi connectivity index (χ1) is 14.1. The molecule has 0 saturated carbocycles. The van der Waals surface area contributed by atoms with Crippen molar-refractivity contribution >= 4 is 16.9 Å². The Bertz CT molecular complexity index is 987. The van der Waals surface area contributed by atoms with E-state index in [0.29, 0.717) is 32.5 Å². The third-order valence-corrected chi connectivity index (χ3v) is 5.90. The van der Waals surface area contributed by atoms with Gasteiger partial charge in [-0.15, -0.1) is 0 Å². The molecule has 1 saturated heterocycles. The summed E-state index contributed by atoms with van der Waals surface area (Å²) in [6.45, 7) is 2.88. The van der Waals surface area contributed by atoms with Crippen molar-refractivity contribution in [3.05, 3.63) is 60.4 Å². The summed E-state index contributed by atoms with van der Waals surface area (Å²) in [5.41, 5.74) is 3.56. The molecule has 3 aromatic rings. The van der Waals surface area contributed by atoms with E-state index >= 15 is 0 Å². The Morgan fingerprint density at radius 2 is 1.83 bits per heavy atom. The third kappa shape index (κ3) is 3.93. The second-order valence-corrected chi connectivity index (χ2v) is 7.93. The molecule has 2 heterocycles. The quantitative estimate of drug-likeness (QED) is 0.666. The van der Waals surface area contributed by atoms with E-state index in [1.54, 1.807) is 6.26 Å². The van der Waals surface area contributed by atoms with Crippen molar-refractivity contribution in [2.45, 2.75) is 32.2 Å². The highest BCUT2D eigenvalue weighted by Gasteiger charge is 2.41. The number of aliphatic hydroxyl groups excluding tert-OH is 1. The van der Waals surface area contributed by atoms with Gasteiger partial charge in [0.1, 0.15) is 5.58 Å². The Kier molecular flexibility index (Phi) is 5.69. The molecule has 0 aliphatic carbocycles. The maximum Gasteiger partial charge on any atom is 0.227 e. The predicted molar refractivity (Wildman–Crippen MR) is 113 cm³/mol. The van der Waals surface area contributed by atoms with Crippen molar-refractivity contribution in [2.75, 3.05) is 19.8 Å². The lowest BCUT2D eigenvalue weighted by molar-refractivity contribution is -0.137. The number of carbonyl (C=O) groups is 1. The number of hydrogen-bond donors (Lipinski definition) is 2. The summed E-state index contributed by atoms with van der Waals surface area (Å²) in [5, 5.41) is 13.4. The van der Waals surface area contributed by atoms with Gasteiger partial charge >= 0.3 is 0 Å². The topological polar surface area (TPSA) is 71.7 Å². The van der Waals surface area contributed by atoms with Gasteiger partial charge in [0, 0.05) is 30.2 Å². The van der Waals surface area contributed by atoms with Crippen LogP contribution >= 0.6 is 0 Å². The number of aliphatic hydroxyl groups is 1. The summed E-state index contributed by atoms with van der Waals surface area (Å²) < 4.78 is 11.3. The fourth-order valence-corrected chi connectivity index (χ4v) is 4.16. The first kappa shape index (κ1) is 19.7. The van der Waals surface area contributed by atoms with Crippen LogP contribution in [0.3, 0.4) is 0 Å². The maximum absolute atomic E-state index is 13.2. The molecule has 1 aliphatic rings. The molecule has 152 valence electrons. The highest BCUT2D eigenvalue weighted by Crippen LogP contribution is 2.39. The van der Waals surface area contributed by atoms with Crippen molar-refractivity contribution in [1.82, 2.24) is 5.32 Å². The molecule has 0 spiro atoms. The molecular formula is C24H27NO4. The number of hydrogen-bond acceptors (Lipinski definition) is 4. The summed E-state index contributed by atoms with van der Waals surface area (Å²) in [4.78, 5) is 13.2. The number of benzene rings is 2. The SMILES string of the molecule is C[C@H](CO)NC(=O)C1(Cc2ccccc2-c2coc3ccccc23)CCOCC1. The zero-order valence-electron chi connectivity index (χ0n) is 16.7. The second kappa shape index (κ2) is 8.39. The van der Waals surface area contributed by atoms with Crippen LogP contribution in [0.5, 0.6) is 0 Å². The standard InChI is InChI=1S/C24H27NO4/c1-17(15-26)25-23(27)24(10-12-28-13-11-24)14-18-6-2-3-7-19(18)21-16-29-22-9-5-4-8-20(21)22/h2-9,16-17,26H,10-15H2,1H3,(H,25,27)/t17-/m1/s1. The lowest BCUT2D eigenvalue weighted by Gasteiger charge is -2.37. The number of amides is 1. The minimum Gasteiger partial charge on any atom is -0.464 e. The maximum atomic E-state index is 13.2. The van der Waals surface area contributed by atoms with Crippen LogP contribution in [-0.2, 0) is 16.0 Å². The minimum absolute atomic E-state index is 0.00537. The normalized spacial score (nSPS) is 17.2. The van der Waals surface area contributed by atoms with Gasteiger partial charge in [-0.05, 0) is 43.4 Å². The van der Waals surface area contributed by atoms with Gasteiger partial charge in [0.15, 0.2) is 0 Å². The number of ether oxygens (including phenoxy) is 1. The fraction of sp³-hybridized carbons (Fsp3) is 0.375. The average Bonchev–Trinajstić information content (AvgIpc) is 3.18. The van der Waals surface area contributed by atoms with Crippen molar-refractivity contribution in [3.63, 3.8) is 0 Å². The molecular weight excluding hydrogens is 366 g/mol. The first-order valence-electron chi connectivity index (χ1n) is 10.2. The van der Waals surface area contributed by atoms with Gasteiger partial charge in [0.25, 0.3) is 0 Å². The Balaban J connectivity index is 1.71. The number of nitrogens with one attached hydrogen (secondary N) is 1. The third-order valence-electron chi connectivity index (χ3n) is 5.90. The van der Waals surface area contributed by atoms with E-state index in [1.807, 2.05) is 37.3 Å². The molecule has 1 atom stereocenters. The van der Waals surface area contributed by atoms with Gasteiger partial charge < -0.3 is 19.6 Å². The zero-order valence-corrected chi connectivity index (χ0v) is 16.7. The molecule has 0 radical (unpaired) electrons. The molecule has 1 amide bonds. The molecule has 1 aliphatic heterocycles. The van der Waals surface area contributed by atoms with Gasteiger partial charge in [-0.2, -0.15) is 0 Å². The first-order valence-corrected chi connectivity index (χ1v) is 10.2. The summed E-state index contributed by atoms with van der Waals surface area (Å²) in [6.07, 6.45) is 3.75. The summed E-state index contributed by atoms with van der Waals surface area (Å²) in [7, 11) is 0. The van der Waals surface area contributed by atoms with Crippen LogP contribution in [0.25, 0.3) is 22.1 Å². The van der Waals surface area contributed by atoms with Gasteiger partial charge in [0.05, 0.1) is 18.3 Å². The van der Waals surface area contributed by atoms with Crippen molar-refractivity contribution in [3.8, 4) is 11.1 Å². The van der Waals surface area contributed by atoms with E-state index in [9.17, 15) is 9.90 Å². The molecule has 1 fully saturated rings. The van der Waals surface area contributed by atoms with Crippen molar-refractivity contribution in [1.29, 1.82) is 0 Å². The molecule has 29 heavy (non-hydrogen) atoms. The molecule has 1 aromatic heterocycles. The Morgan fingerprint density at radius 3 is 2.62 bits per heavy atom. The highest BCUT2D eigenvalue weighted by atomic mass is 16.5. The number of furan rings is 1. The number of rotatable bonds is 6. The monoisotopic (exact) mass is 393 g/mol. The second-order valence-electron chi connectivity index (χ2n) is 7.93. The fourth-order valence-electron chi connectivity index (χ4n) is 4.16. The Hall–Kier alpha value is -2.63. The van der Waals surface area contributed by atoms with E-state index in [2.05, 4.69) is 23.5 Å². The summed E-state index contributed by atoms with van der Waals surface area (Å²) in [5.74, 6) is -0.00537. The lowest BCUT2D eigenvalue weighted by Crippen LogP contribution is -2.49. The molecule has 5 nitrogen and oxygen atoms in total. The summed E-state index contributed by atoms with van der Waals surface area (Å²) >= 11 is 0. The Labute approximate surface area is 170 Å². The molecule has 5 heteroatoms. The number of fused-ring (bicyclic) bond motifs is 1. The Morgan fingerprint density at radius 1 is 1.10 bits per heavy atom. The number of para-hydroxylation sites is 1. The number of carbonyl (C=O) groups excluding carboxylic acids is 1. The van der Waals surface area contributed by atoms with E-state index in [0.717, 1.165) is 27.7 Å². The smallest absolute Gasteiger partial charge is 0.227 e.